The summed E-state index contributed by atoms with van der Waals surface area (Å²) in [4.78, 5) is 39.8. The monoisotopic (exact) mass is 434 g/mol. The molecule has 3 rings (SSSR count). The fourth-order valence-corrected chi connectivity index (χ4v) is 3.32. The predicted molar refractivity (Wildman–Crippen MR) is 111 cm³/mol. The molecular weight excluding hydrogens is 412 g/mol. The third-order valence-electron chi connectivity index (χ3n) is 4.63. The Morgan fingerprint density at radius 1 is 1.10 bits per heavy atom. The molecule has 1 aromatic heterocycles. The van der Waals surface area contributed by atoms with E-state index in [0.29, 0.717) is 31.9 Å². The number of anilines is 1. The number of carbonyl (C=O) groups is 2. The largest absolute Gasteiger partial charge is 0.465 e. The molecule has 0 saturated carbocycles. The zero-order valence-electron chi connectivity index (χ0n) is 16.6. The van der Waals surface area contributed by atoms with E-state index in [0.717, 1.165) is 10.2 Å². The Kier molecular flexibility index (Phi) is 7.29. The molecule has 0 atom stereocenters. The van der Waals surface area contributed by atoms with Crippen molar-refractivity contribution in [3.8, 4) is 0 Å². The van der Waals surface area contributed by atoms with Crippen molar-refractivity contribution in [1.29, 1.82) is 0 Å². The van der Waals surface area contributed by atoms with Crippen LogP contribution in [-0.4, -0.2) is 59.5 Å². The van der Waals surface area contributed by atoms with Gasteiger partial charge in [0.2, 0.25) is 0 Å². The van der Waals surface area contributed by atoms with E-state index in [9.17, 15) is 14.4 Å². The van der Waals surface area contributed by atoms with Gasteiger partial charge >= 0.3 is 12.1 Å². The molecule has 0 radical (unpaired) electrons. The van der Waals surface area contributed by atoms with Crippen LogP contribution in [0.2, 0.25) is 5.02 Å². The van der Waals surface area contributed by atoms with Crippen molar-refractivity contribution >= 4 is 29.4 Å². The molecular formula is C20H23ClN4O5. The topological polar surface area (TPSA) is 94.0 Å². The van der Waals surface area contributed by atoms with Crippen LogP contribution < -0.4 is 10.5 Å². The number of piperazine rings is 1. The Morgan fingerprint density at radius 3 is 2.47 bits per heavy atom. The average Bonchev–Trinajstić information content (AvgIpc) is 2.76. The summed E-state index contributed by atoms with van der Waals surface area (Å²) in [5.74, 6) is -0.557. The predicted octanol–water partition coefficient (Wildman–Crippen LogP) is 1.92. The number of hydrogen-bond acceptors (Lipinski definition) is 7. The lowest BCUT2D eigenvalue weighted by molar-refractivity contribution is -0.144. The van der Waals surface area contributed by atoms with Crippen molar-refractivity contribution in [2.45, 2.75) is 20.1 Å². The summed E-state index contributed by atoms with van der Waals surface area (Å²) in [6.07, 6.45) is 1.07. The fourth-order valence-electron chi connectivity index (χ4n) is 3.06. The number of ether oxygens (including phenoxy) is 2. The molecule has 1 aliphatic rings. The van der Waals surface area contributed by atoms with Gasteiger partial charge in [-0.25, -0.2) is 9.48 Å². The minimum absolute atomic E-state index is 0.0191. The molecule has 160 valence electrons. The normalized spacial score (nSPS) is 13.8. The van der Waals surface area contributed by atoms with Crippen LogP contribution in [0.4, 0.5) is 10.5 Å². The number of carbonyl (C=O) groups excluding carboxylic acids is 2. The molecule has 10 heteroatoms. The maximum atomic E-state index is 12.4. The van der Waals surface area contributed by atoms with Crippen molar-refractivity contribution in [1.82, 2.24) is 14.7 Å². The molecule has 30 heavy (non-hydrogen) atoms. The van der Waals surface area contributed by atoms with E-state index < -0.39 is 11.5 Å². The van der Waals surface area contributed by atoms with Crippen molar-refractivity contribution in [3.63, 3.8) is 0 Å². The van der Waals surface area contributed by atoms with E-state index >= 15 is 0 Å². The molecule has 2 aromatic rings. The summed E-state index contributed by atoms with van der Waals surface area (Å²) in [5.41, 5.74) is 0.830. The van der Waals surface area contributed by atoms with Crippen LogP contribution in [0.15, 0.2) is 41.3 Å². The van der Waals surface area contributed by atoms with Crippen LogP contribution in [0.3, 0.4) is 0 Å². The number of esters is 1. The number of amides is 1. The molecule has 1 aromatic carbocycles. The third-order valence-corrected chi connectivity index (χ3v) is 4.99. The van der Waals surface area contributed by atoms with E-state index in [1.807, 2.05) is 35.2 Å². The molecule has 0 aliphatic carbocycles. The minimum atomic E-state index is -0.563. The van der Waals surface area contributed by atoms with Gasteiger partial charge in [-0.2, -0.15) is 5.10 Å². The fraction of sp³-hybridized carbons (Fsp3) is 0.400. The number of nitrogens with zero attached hydrogens (tertiary/aromatic N) is 4. The number of hydrogen-bond donors (Lipinski definition) is 0. The van der Waals surface area contributed by atoms with E-state index in [-0.39, 0.29) is 30.9 Å². The Morgan fingerprint density at radius 2 is 1.80 bits per heavy atom. The van der Waals surface area contributed by atoms with Gasteiger partial charge in [-0.15, -0.1) is 0 Å². The second kappa shape index (κ2) is 10.1. The Balaban J connectivity index is 1.56. The second-order valence-corrected chi connectivity index (χ2v) is 7.00. The zero-order chi connectivity index (χ0) is 21.5. The van der Waals surface area contributed by atoms with Gasteiger partial charge in [-0.1, -0.05) is 41.9 Å². The molecule has 0 spiro atoms. The summed E-state index contributed by atoms with van der Waals surface area (Å²) in [7, 11) is 0. The summed E-state index contributed by atoms with van der Waals surface area (Å²) in [6.45, 7) is 3.62. The molecule has 1 amide bonds. The molecule has 9 nitrogen and oxygen atoms in total. The maximum Gasteiger partial charge on any atom is 0.410 e. The summed E-state index contributed by atoms with van der Waals surface area (Å²) in [6, 6.07) is 9.47. The molecule has 1 fully saturated rings. The molecule has 0 unspecified atom stereocenters. The Labute approximate surface area is 178 Å². The number of halogens is 1. The van der Waals surface area contributed by atoms with Crippen molar-refractivity contribution in [2.24, 2.45) is 0 Å². The highest BCUT2D eigenvalue weighted by molar-refractivity contribution is 6.33. The van der Waals surface area contributed by atoms with Crippen LogP contribution in [0.25, 0.3) is 0 Å². The number of aromatic nitrogens is 2. The van der Waals surface area contributed by atoms with Crippen molar-refractivity contribution in [3.05, 3.63) is 57.5 Å². The molecule has 2 heterocycles. The zero-order valence-corrected chi connectivity index (χ0v) is 17.4. The van der Waals surface area contributed by atoms with Crippen LogP contribution >= 0.6 is 11.6 Å². The first-order valence-electron chi connectivity index (χ1n) is 9.61. The maximum absolute atomic E-state index is 12.4. The van der Waals surface area contributed by atoms with Crippen LogP contribution in [0.5, 0.6) is 0 Å². The highest BCUT2D eigenvalue weighted by Crippen LogP contribution is 2.22. The summed E-state index contributed by atoms with van der Waals surface area (Å²) in [5, 5.41) is 4.01. The Bertz CT molecular complexity index is 942. The van der Waals surface area contributed by atoms with Crippen LogP contribution in [-0.2, 0) is 27.4 Å². The summed E-state index contributed by atoms with van der Waals surface area (Å²) >= 11 is 6.24. The van der Waals surface area contributed by atoms with Gasteiger partial charge in [0.15, 0.2) is 0 Å². The van der Waals surface area contributed by atoms with Gasteiger partial charge < -0.3 is 19.3 Å². The van der Waals surface area contributed by atoms with E-state index in [2.05, 4.69) is 5.10 Å². The van der Waals surface area contributed by atoms with Gasteiger partial charge in [0, 0.05) is 26.2 Å². The lowest BCUT2D eigenvalue weighted by Crippen LogP contribution is -2.49. The lowest BCUT2D eigenvalue weighted by Gasteiger charge is -2.35. The van der Waals surface area contributed by atoms with Crippen molar-refractivity contribution in [2.75, 3.05) is 37.7 Å². The second-order valence-electron chi connectivity index (χ2n) is 6.63. The minimum Gasteiger partial charge on any atom is -0.465 e. The molecule has 1 aliphatic heterocycles. The van der Waals surface area contributed by atoms with Gasteiger partial charge in [0.25, 0.3) is 5.56 Å². The first-order valence-corrected chi connectivity index (χ1v) is 9.99. The van der Waals surface area contributed by atoms with Crippen LogP contribution in [0, 0.1) is 0 Å². The third kappa shape index (κ3) is 5.29. The summed E-state index contributed by atoms with van der Waals surface area (Å²) < 4.78 is 11.2. The SMILES string of the molecule is CCOC(=O)Cn1ncc(N2CCN(C(=O)OCc3ccccc3)CC2)c(Cl)c1=O. The molecule has 0 bridgehead atoms. The van der Waals surface area contributed by atoms with Crippen LogP contribution in [0.1, 0.15) is 12.5 Å². The number of rotatable bonds is 6. The first kappa shape index (κ1) is 21.6. The van der Waals surface area contributed by atoms with Gasteiger partial charge in [-0.05, 0) is 12.5 Å². The average molecular weight is 435 g/mol. The van der Waals surface area contributed by atoms with Crippen molar-refractivity contribution < 1.29 is 19.1 Å². The van der Waals surface area contributed by atoms with Gasteiger partial charge in [-0.3, -0.25) is 9.59 Å². The quantitative estimate of drug-likeness (QED) is 0.641. The van der Waals surface area contributed by atoms with E-state index in [4.69, 9.17) is 21.1 Å². The number of benzene rings is 1. The highest BCUT2D eigenvalue weighted by atomic mass is 35.5. The molecule has 1 saturated heterocycles. The lowest BCUT2D eigenvalue weighted by atomic mass is 10.2. The highest BCUT2D eigenvalue weighted by Gasteiger charge is 2.25. The van der Waals surface area contributed by atoms with Gasteiger partial charge in [0.1, 0.15) is 18.2 Å². The smallest absolute Gasteiger partial charge is 0.410 e. The first-order chi connectivity index (χ1) is 14.5. The standard InChI is InChI=1S/C20H23ClN4O5/c1-2-29-17(26)13-25-19(27)18(21)16(12-22-25)23-8-10-24(11-9-23)20(28)30-14-15-6-4-3-5-7-15/h3-7,12H,2,8-11,13-14H2,1H3. The van der Waals surface area contributed by atoms with E-state index in [1.54, 1.807) is 11.8 Å². The van der Waals surface area contributed by atoms with Gasteiger partial charge in [0.05, 0.1) is 18.5 Å². The Hall–Kier alpha value is -3.07. The molecule has 0 N–H and O–H groups in total. The van der Waals surface area contributed by atoms with E-state index in [1.165, 1.54) is 6.20 Å².